The zero-order chi connectivity index (χ0) is 25.4. The normalized spacial score (nSPS) is 11.5. The van der Waals surface area contributed by atoms with Crippen LogP contribution in [0.5, 0.6) is 0 Å². The van der Waals surface area contributed by atoms with Crippen molar-refractivity contribution in [1.82, 2.24) is 14.9 Å². The first-order valence-electron chi connectivity index (χ1n) is 11.2. The predicted octanol–water partition coefficient (Wildman–Crippen LogP) is 3.60. The molecule has 0 bridgehead atoms. The summed E-state index contributed by atoms with van der Waals surface area (Å²) in [6, 6.07) is 12.1. The molecular formula is C26H30N4O4S. The topological polar surface area (TPSA) is 102 Å². The molecular weight excluding hydrogens is 464 g/mol. The summed E-state index contributed by atoms with van der Waals surface area (Å²) in [7, 11) is 3.15. The fraction of sp³-hybridized carbons (Fsp3) is 0.308. The van der Waals surface area contributed by atoms with Crippen LogP contribution in [0, 0.1) is 6.92 Å². The molecule has 1 heterocycles. The third-order valence-electron chi connectivity index (χ3n) is 5.48. The maximum Gasteiger partial charge on any atom is 0.328 e. The first kappa shape index (κ1) is 26.0. The number of hydrogen-bond acceptors (Lipinski definition) is 6. The summed E-state index contributed by atoms with van der Waals surface area (Å²) >= 11 is 1.59. The van der Waals surface area contributed by atoms with Crippen LogP contribution in [0.25, 0.3) is 11.1 Å². The minimum Gasteiger partial charge on any atom is -0.467 e. The molecule has 35 heavy (non-hydrogen) atoms. The fourth-order valence-electron chi connectivity index (χ4n) is 3.71. The molecule has 0 saturated heterocycles. The van der Waals surface area contributed by atoms with Gasteiger partial charge in [0, 0.05) is 24.5 Å². The Labute approximate surface area is 209 Å². The number of aryl methyl sites for hydroxylation is 2. The second kappa shape index (κ2) is 12.2. The number of nitrogens with zero attached hydrogens (tertiary/aromatic N) is 2. The average Bonchev–Trinajstić information content (AvgIpc) is 3.25. The van der Waals surface area contributed by atoms with E-state index >= 15 is 0 Å². The first-order chi connectivity index (χ1) is 16.8. The summed E-state index contributed by atoms with van der Waals surface area (Å²) in [6.07, 6.45) is 5.97. The number of methoxy groups -OCH3 is 1. The highest BCUT2D eigenvalue weighted by Crippen LogP contribution is 2.30. The van der Waals surface area contributed by atoms with E-state index < -0.39 is 12.0 Å². The summed E-state index contributed by atoms with van der Waals surface area (Å²) in [4.78, 5) is 42.3. The van der Waals surface area contributed by atoms with Crippen molar-refractivity contribution < 1.29 is 19.1 Å². The number of amides is 2. The average molecular weight is 495 g/mol. The Bertz CT molecular complexity index is 1210. The number of ether oxygens (including phenoxy) is 1. The van der Waals surface area contributed by atoms with Crippen molar-refractivity contribution in [2.75, 3.05) is 24.4 Å². The molecule has 0 spiro atoms. The molecule has 0 aliphatic carbocycles. The van der Waals surface area contributed by atoms with E-state index in [9.17, 15) is 14.4 Å². The number of carbonyl (C=O) groups is 3. The number of thioether (sulfide) groups is 1. The van der Waals surface area contributed by atoms with Gasteiger partial charge in [0.25, 0.3) is 5.91 Å². The van der Waals surface area contributed by atoms with Crippen LogP contribution in [0.3, 0.4) is 0 Å². The van der Waals surface area contributed by atoms with E-state index in [1.165, 1.54) is 7.11 Å². The zero-order valence-electron chi connectivity index (χ0n) is 20.3. The van der Waals surface area contributed by atoms with E-state index in [2.05, 4.69) is 15.6 Å². The third-order valence-corrected chi connectivity index (χ3v) is 6.13. The highest BCUT2D eigenvalue weighted by molar-refractivity contribution is 7.98. The summed E-state index contributed by atoms with van der Waals surface area (Å²) < 4.78 is 6.66. The minimum atomic E-state index is -0.748. The Balaban J connectivity index is 1.90. The van der Waals surface area contributed by atoms with Gasteiger partial charge in [-0.15, -0.1) is 0 Å². The highest BCUT2D eigenvalue weighted by Gasteiger charge is 2.24. The Morgan fingerprint density at radius 1 is 1.14 bits per heavy atom. The van der Waals surface area contributed by atoms with E-state index in [0.29, 0.717) is 34.7 Å². The Morgan fingerprint density at radius 3 is 2.57 bits per heavy atom. The molecule has 3 rings (SSSR count). The zero-order valence-corrected chi connectivity index (χ0v) is 21.1. The van der Waals surface area contributed by atoms with E-state index in [1.54, 1.807) is 47.1 Å². The van der Waals surface area contributed by atoms with Gasteiger partial charge in [-0.25, -0.2) is 9.78 Å². The van der Waals surface area contributed by atoms with Crippen LogP contribution in [0.1, 0.15) is 28.0 Å². The monoisotopic (exact) mass is 494 g/mol. The van der Waals surface area contributed by atoms with Crippen LogP contribution in [-0.4, -0.2) is 52.5 Å². The number of esters is 1. The molecule has 2 aromatic carbocycles. The number of nitrogens with one attached hydrogen (secondary N) is 2. The molecule has 0 unspecified atom stereocenters. The fourth-order valence-corrected chi connectivity index (χ4v) is 4.18. The maximum absolute atomic E-state index is 13.3. The number of rotatable bonds is 10. The molecule has 0 aliphatic heterocycles. The minimum absolute atomic E-state index is 0.138. The first-order valence-corrected chi connectivity index (χ1v) is 12.6. The molecule has 0 radical (unpaired) electrons. The van der Waals surface area contributed by atoms with Gasteiger partial charge in [0.1, 0.15) is 6.04 Å². The van der Waals surface area contributed by atoms with Crippen LogP contribution in [0.2, 0.25) is 0 Å². The predicted molar refractivity (Wildman–Crippen MR) is 138 cm³/mol. The lowest BCUT2D eigenvalue weighted by atomic mass is 9.94. The van der Waals surface area contributed by atoms with Gasteiger partial charge >= 0.3 is 5.97 Å². The Hall–Kier alpha value is -3.59. The van der Waals surface area contributed by atoms with Gasteiger partial charge in [-0.2, -0.15) is 11.8 Å². The number of carbonyl (C=O) groups excluding carboxylic acids is 3. The maximum atomic E-state index is 13.3. The smallest absolute Gasteiger partial charge is 0.328 e. The van der Waals surface area contributed by atoms with Gasteiger partial charge in [0.15, 0.2) is 0 Å². The number of benzene rings is 2. The number of imidazole rings is 1. The number of anilines is 1. The van der Waals surface area contributed by atoms with Crippen LogP contribution >= 0.6 is 11.8 Å². The number of aromatic nitrogens is 2. The summed E-state index contributed by atoms with van der Waals surface area (Å²) in [5.74, 6) is -0.375. The molecule has 8 nitrogen and oxygen atoms in total. The van der Waals surface area contributed by atoms with Crippen molar-refractivity contribution in [1.29, 1.82) is 0 Å². The quantitative estimate of drug-likeness (QED) is 0.418. The van der Waals surface area contributed by atoms with Crippen molar-refractivity contribution in [2.24, 2.45) is 7.05 Å². The summed E-state index contributed by atoms with van der Waals surface area (Å²) in [5, 5.41) is 5.71. The summed E-state index contributed by atoms with van der Waals surface area (Å²) in [6.45, 7) is 1.96. The molecule has 1 atom stereocenters. The van der Waals surface area contributed by atoms with Crippen LogP contribution in [-0.2, 0) is 27.8 Å². The van der Waals surface area contributed by atoms with Crippen molar-refractivity contribution >= 4 is 35.2 Å². The van der Waals surface area contributed by atoms with Crippen molar-refractivity contribution in [2.45, 2.75) is 25.8 Å². The molecule has 9 heteroatoms. The van der Waals surface area contributed by atoms with Gasteiger partial charge in [-0.3, -0.25) is 9.59 Å². The van der Waals surface area contributed by atoms with Crippen molar-refractivity contribution in [3.63, 3.8) is 0 Å². The van der Waals surface area contributed by atoms with Crippen LogP contribution in [0.4, 0.5) is 5.69 Å². The molecule has 2 amide bonds. The Morgan fingerprint density at radius 2 is 1.91 bits per heavy atom. The Kier molecular flexibility index (Phi) is 9.08. The number of hydrogen-bond donors (Lipinski definition) is 2. The van der Waals surface area contributed by atoms with E-state index in [0.717, 1.165) is 11.1 Å². The van der Waals surface area contributed by atoms with Gasteiger partial charge in [-0.05, 0) is 60.2 Å². The summed E-state index contributed by atoms with van der Waals surface area (Å²) in [5.41, 5.74) is 4.12. The molecule has 3 aromatic rings. The lowest BCUT2D eigenvalue weighted by molar-refractivity contribution is -0.142. The lowest BCUT2D eigenvalue weighted by Crippen LogP contribution is -2.42. The second-order valence-electron chi connectivity index (χ2n) is 8.16. The van der Waals surface area contributed by atoms with Gasteiger partial charge < -0.3 is 19.9 Å². The largest absolute Gasteiger partial charge is 0.467 e. The van der Waals surface area contributed by atoms with Crippen molar-refractivity contribution in [3.05, 3.63) is 71.8 Å². The molecule has 2 N–H and O–H groups in total. The van der Waals surface area contributed by atoms with Crippen molar-refractivity contribution in [3.8, 4) is 11.1 Å². The molecule has 0 saturated carbocycles. The van der Waals surface area contributed by atoms with Gasteiger partial charge in [0.05, 0.1) is 25.6 Å². The van der Waals surface area contributed by atoms with Crippen LogP contribution in [0.15, 0.2) is 55.0 Å². The van der Waals surface area contributed by atoms with Crippen LogP contribution < -0.4 is 10.6 Å². The molecule has 0 fully saturated rings. The van der Waals surface area contributed by atoms with E-state index in [-0.39, 0.29) is 18.2 Å². The van der Waals surface area contributed by atoms with Gasteiger partial charge in [-0.1, -0.05) is 24.3 Å². The lowest BCUT2D eigenvalue weighted by Gasteiger charge is -2.19. The second-order valence-corrected chi connectivity index (χ2v) is 9.15. The standard InChI is InChI=1S/C26H30N4O4S/c1-17-7-5-6-8-20(17)22-13-18(28-24(31)14-19-15-30(2)16-27-19)9-10-21(22)25(32)29-23(11-12-35-4)26(33)34-3/h5-10,13,15-16,23H,11-12,14H2,1-4H3,(H,28,31)(H,29,32)/t23-/m0/s1. The van der Waals surface area contributed by atoms with E-state index in [4.69, 9.17) is 4.74 Å². The third kappa shape index (κ3) is 6.95. The molecule has 1 aromatic heterocycles. The SMILES string of the molecule is COC(=O)[C@H](CCSC)NC(=O)c1ccc(NC(=O)Cc2cn(C)cn2)cc1-c1ccccc1C. The van der Waals surface area contributed by atoms with Gasteiger partial charge in [0.2, 0.25) is 5.91 Å². The molecule has 184 valence electrons. The molecule has 0 aliphatic rings. The van der Waals surface area contributed by atoms with E-state index in [1.807, 2.05) is 44.5 Å². The highest BCUT2D eigenvalue weighted by atomic mass is 32.2.